The molecular weight excluding hydrogens is 483 g/mol. The number of hydrogen-bond acceptors (Lipinski definition) is 7. The van der Waals surface area contributed by atoms with E-state index in [9.17, 15) is 9.18 Å². The molecule has 8 nitrogen and oxygen atoms in total. The molecule has 10 heteroatoms. The topological polar surface area (TPSA) is 82.6 Å². The first-order valence-corrected chi connectivity index (χ1v) is 12.6. The molecule has 3 aliphatic carbocycles. The zero-order valence-corrected chi connectivity index (χ0v) is 20.8. The summed E-state index contributed by atoms with van der Waals surface area (Å²) in [6.45, 7) is 3.76. The zero-order valence-electron chi connectivity index (χ0n) is 20.1. The van der Waals surface area contributed by atoms with Crippen LogP contribution in [0.15, 0.2) is 42.7 Å². The SMILES string of the molecule is CN1CCN(c2ncnc3ccc(NC45CC(NC(=O)COc6ccc(Cl)c(F)c6)(C4)C5)cc23)CC1. The number of benzene rings is 2. The highest BCUT2D eigenvalue weighted by molar-refractivity contribution is 6.30. The molecular formula is C26H28ClFN6O2. The standard InChI is InChI=1S/C26H28ClFN6O2/c1-33-6-8-34(9-7-33)24-19-10-17(2-5-22(19)29-16-30-24)31-25-13-26(14-25,15-25)32-23(35)12-36-18-3-4-20(27)21(28)11-18/h2-5,10-11,16,31H,6-9,12-15H2,1H3,(H,32,35). The number of ether oxygens (including phenoxy) is 1. The van der Waals surface area contributed by atoms with E-state index in [-0.39, 0.29) is 34.4 Å². The zero-order chi connectivity index (χ0) is 24.9. The van der Waals surface area contributed by atoms with Crippen LogP contribution in [0.4, 0.5) is 15.9 Å². The number of carbonyl (C=O) groups excluding carboxylic acids is 1. The Morgan fingerprint density at radius 3 is 2.61 bits per heavy atom. The quantitative estimate of drug-likeness (QED) is 0.503. The van der Waals surface area contributed by atoms with Gasteiger partial charge >= 0.3 is 0 Å². The van der Waals surface area contributed by atoms with Gasteiger partial charge in [-0.05, 0) is 56.6 Å². The highest BCUT2D eigenvalue weighted by Gasteiger charge is 2.68. The molecule has 36 heavy (non-hydrogen) atoms. The van der Waals surface area contributed by atoms with Crippen molar-refractivity contribution in [2.24, 2.45) is 0 Å². The predicted octanol–water partition coefficient (Wildman–Crippen LogP) is 3.46. The molecule has 2 N–H and O–H groups in total. The van der Waals surface area contributed by atoms with Gasteiger partial charge in [0.1, 0.15) is 23.7 Å². The number of fused-ring (bicyclic) bond motifs is 1. The van der Waals surface area contributed by atoms with E-state index < -0.39 is 5.82 Å². The summed E-state index contributed by atoms with van der Waals surface area (Å²) in [6, 6.07) is 10.4. The van der Waals surface area contributed by atoms with Gasteiger partial charge in [0.2, 0.25) is 0 Å². The molecule has 2 aromatic carbocycles. The number of halogens is 2. The smallest absolute Gasteiger partial charge is 0.258 e. The molecule has 188 valence electrons. The Hall–Kier alpha value is -3.17. The molecule has 4 aliphatic rings. The largest absolute Gasteiger partial charge is 0.484 e. The summed E-state index contributed by atoms with van der Waals surface area (Å²) in [4.78, 5) is 26.2. The van der Waals surface area contributed by atoms with Crippen LogP contribution in [0.25, 0.3) is 10.9 Å². The van der Waals surface area contributed by atoms with Crippen LogP contribution in [0, 0.1) is 5.82 Å². The number of rotatable bonds is 7. The van der Waals surface area contributed by atoms with Gasteiger partial charge in [0.25, 0.3) is 5.91 Å². The van der Waals surface area contributed by atoms with Crippen molar-refractivity contribution in [1.82, 2.24) is 20.2 Å². The molecule has 2 heterocycles. The van der Waals surface area contributed by atoms with Crippen molar-refractivity contribution in [3.63, 3.8) is 0 Å². The average molecular weight is 511 g/mol. The third kappa shape index (κ3) is 4.30. The molecule has 0 spiro atoms. The van der Waals surface area contributed by atoms with Gasteiger partial charge in [-0.1, -0.05) is 11.6 Å². The van der Waals surface area contributed by atoms with Crippen molar-refractivity contribution in [2.45, 2.75) is 30.3 Å². The molecule has 7 rings (SSSR count). The summed E-state index contributed by atoms with van der Waals surface area (Å²) in [6.07, 6.45) is 4.21. The van der Waals surface area contributed by atoms with E-state index in [2.05, 4.69) is 49.6 Å². The predicted molar refractivity (Wildman–Crippen MR) is 137 cm³/mol. The lowest BCUT2D eigenvalue weighted by atomic mass is 9.44. The van der Waals surface area contributed by atoms with Crippen molar-refractivity contribution >= 4 is 39.9 Å². The fourth-order valence-electron chi connectivity index (χ4n) is 5.80. The van der Waals surface area contributed by atoms with Gasteiger partial charge in [-0.3, -0.25) is 4.79 Å². The molecule has 1 amide bonds. The number of anilines is 2. The van der Waals surface area contributed by atoms with Crippen molar-refractivity contribution < 1.29 is 13.9 Å². The molecule has 3 aromatic rings. The van der Waals surface area contributed by atoms with Crippen molar-refractivity contribution in [2.75, 3.05) is 50.1 Å². The highest BCUT2D eigenvalue weighted by Crippen LogP contribution is 2.61. The van der Waals surface area contributed by atoms with Crippen molar-refractivity contribution in [3.05, 3.63) is 53.6 Å². The number of piperazine rings is 1. The Morgan fingerprint density at radius 1 is 1.08 bits per heavy atom. The van der Waals surface area contributed by atoms with Crippen LogP contribution < -0.4 is 20.3 Å². The number of carbonyl (C=O) groups is 1. The lowest BCUT2D eigenvalue weighted by molar-refractivity contribution is -0.135. The second-order valence-electron chi connectivity index (χ2n) is 10.3. The van der Waals surface area contributed by atoms with E-state index in [0.29, 0.717) is 0 Å². The highest BCUT2D eigenvalue weighted by atomic mass is 35.5. The lowest BCUT2D eigenvalue weighted by Crippen LogP contribution is -2.81. The molecule has 0 radical (unpaired) electrons. The monoisotopic (exact) mass is 510 g/mol. The fourth-order valence-corrected chi connectivity index (χ4v) is 5.92. The molecule has 0 atom stereocenters. The van der Waals surface area contributed by atoms with Crippen LogP contribution in [0.1, 0.15) is 19.3 Å². The summed E-state index contributed by atoms with van der Waals surface area (Å²) in [5.74, 6) is 0.480. The number of hydrogen-bond donors (Lipinski definition) is 2. The van der Waals surface area contributed by atoms with Gasteiger partial charge in [0, 0.05) is 54.4 Å². The maximum atomic E-state index is 13.6. The maximum Gasteiger partial charge on any atom is 0.258 e. The van der Waals surface area contributed by atoms with Gasteiger partial charge < -0.3 is 25.2 Å². The number of nitrogens with zero attached hydrogens (tertiary/aromatic N) is 4. The van der Waals surface area contributed by atoms with E-state index in [0.717, 1.165) is 67.8 Å². The van der Waals surface area contributed by atoms with Crippen LogP contribution in [0.3, 0.4) is 0 Å². The Kier molecular flexibility index (Phi) is 5.64. The van der Waals surface area contributed by atoms with Gasteiger partial charge in [-0.15, -0.1) is 0 Å². The van der Waals surface area contributed by atoms with E-state index in [1.54, 1.807) is 12.4 Å². The molecule has 2 bridgehead atoms. The summed E-state index contributed by atoms with van der Waals surface area (Å²) < 4.78 is 19.0. The molecule has 1 aliphatic heterocycles. The van der Waals surface area contributed by atoms with E-state index in [4.69, 9.17) is 16.3 Å². The molecule has 0 unspecified atom stereocenters. The minimum Gasteiger partial charge on any atom is -0.484 e. The molecule has 3 saturated carbocycles. The van der Waals surface area contributed by atoms with Gasteiger partial charge in [0.15, 0.2) is 6.61 Å². The minimum absolute atomic E-state index is 0.00917. The lowest BCUT2D eigenvalue weighted by Gasteiger charge is -2.70. The average Bonchev–Trinajstić information content (AvgIpc) is 2.83. The van der Waals surface area contributed by atoms with E-state index >= 15 is 0 Å². The van der Waals surface area contributed by atoms with Crippen molar-refractivity contribution in [1.29, 1.82) is 0 Å². The van der Waals surface area contributed by atoms with Crippen LogP contribution in [-0.2, 0) is 4.79 Å². The van der Waals surface area contributed by atoms with E-state index in [1.165, 1.54) is 12.1 Å². The van der Waals surface area contributed by atoms with Crippen LogP contribution in [0.2, 0.25) is 5.02 Å². The normalized spacial score (nSPS) is 25.1. The molecule has 1 saturated heterocycles. The van der Waals surface area contributed by atoms with Crippen LogP contribution >= 0.6 is 11.6 Å². The second kappa shape index (κ2) is 8.74. The van der Waals surface area contributed by atoms with Crippen LogP contribution in [0.5, 0.6) is 5.75 Å². The number of nitrogens with one attached hydrogen (secondary N) is 2. The first kappa shape index (κ1) is 23.2. The number of aromatic nitrogens is 2. The van der Waals surface area contributed by atoms with Crippen LogP contribution in [-0.4, -0.2) is 71.7 Å². The number of likely N-dealkylation sites (N-methyl/N-ethyl adjacent to an activating group) is 1. The summed E-state index contributed by atoms with van der Waals surface area (Å²) in [5.41, 5.74) is 1.78. The van der Waals surface area contributed by atoms with Gasteiger partial charge in [-0.25, -0.2) is 14.4 Å². The van der Waals surface area contributed by atoms with Crippen molar-refractivity contribution in [3.8, 4) is 5.75 Å². The van der Waals surface area contributed by atoms with Gasteiger partial charge in [-0.2, -0.15) is 0 Å². The van der Waals surface area contributed by atoms with Gasteiger partial charge in [0.05, 0.1) is 10.5 Å². The summed E-state index contributed by atoms with van der Waals surface area (Å²) >= 11 is 5.68. The minimum atomic E-state index is -0.571. The third-order valence-corrected chi connectivity index (χ3v) is 7.83. The third-order valence-electron chi connectivity index (χ3n) is 7.52. The summed E-state index contributed by atoms with van der Waals surface area (Å²) in [7, 11) is 2.14. The summed E-state index contributed by atoms with van der Waals surface area (Å²) in [5, 5.41) is 7.87. The Balaban J connectivity index is 1.06. The Labute approximate surface area is 213 Å². The molecule has 4 fully saturated rings. The second-order valence-corrected chi connectivity index (χ2v) is 10.8. The molecule has 1 aromatic heterocycles. The fraction of sp³-hybridized carbons (Fsp3) is 0.423. The first-order chi connectivity index (χ1) is 17.3. The Morgan fingerprint density at radius 2 is 1.86 bits per heavy atom. The van der Waals surface area contributed by atoms with E-state index in [1.807, 2.05) is 6.07 Å². The first-order valence-electron chi connectivity index (χ1n) is 12.2. The maximum absolute atomic E-state index is 13.6. The number of amides is 1. The Bertz CT molecular complexity index is 1310.